The second-order valence-electron chi connectivity index (χ2n) is 13.9. The lowest BCUT2D eigenvalue weighted by atomic mass is 9.88. The largest absolute Gasteiger partial charge is 0.454 e. The van der Waals surface area contributed by atoms with E-state index in [2.05, 4.69) is 142 Å². The van der Waals surface area contributed by atoms with Gasteiger partial charge in [-0.1, -0.05) is 94.4 Å². The van der Waals surface area contributed by atoms with Crippen molar-refractivity contribution in [2.24, 2.45) is 7.05 Å². The van der Waals surface area contributed by atoms with Crippen LogP contribution in [0.1, 0.15) is 56.2 Å². The topological polar surface area (TPSA) is 48.0 Å². The number of aromatic nitrogens is 3. The van der Waals surface area contributed by atoms with Gasteiger partial charge in [-0.15, -0.1) is 0 Å². The molecule has 0 N–H and O–H groups in total. The Morgan fingerprint density at radius 1 is 0.653 bits per heavy atom. The molecule has 5 aromatic carbocycles. The Morgan fingerprint density at radius 3 is 2.10 bits per heavy atom. The maximum absolute atomic E-state index is 6.84. The van der Waals surface area contributed by atoms with Crippen molar-refractivity contribution in [3.05, 3.63) is 126 Å². The van der Waals surface area contributed by atoms with E-state index in [0.29, 0.717) is 5.71 Å². The fourth-order valence-electron chi connectivity index (χ4n) is 7.70. The lowest BCUT2D eigenvalue weighted by Gasteiger charge is -2.21. The monoisotopic (exact) mass is 640 g/mol. The molecule has 5 nitrogen and oxygen atoms in total. The van der Waals surface area contributed by atoms with Crippen molar-refractivity contribution in [3.63, 3.8) is 0 Å². The summed E-state index contributed by atoms with van der Waals surface area (Å²) in [5.41, 5.74) is 14.7. The van der Waals surface area contributed by atoms with Crippen LogP contribution in [0.15, 0.2) is 118 Å². The summed E-state index contributed by atoms with van der Waals surface area (Å²) >= 11 is 0. The second kappa shape index (κ2) is 10.9. The Morgan fingerprint density at radius 2 is 1.35 bits per heavy atom. The molecule has 240 valence electrons. The average molecular weight is 641 g/mol. The number of furan rings is 2. The molecule has 0 saturated heterocycles. The summed E-state index contributed by atoms with van der Waals surface area (Å²) in [7, 11) is 2.18. The van der Waals surface area contributed by atoms with Crippen molar-refractivity contribution in [2.45, 2.75) is 46.5 Å². The Labute approximate surface area is 285 Å². The van der Waals surface area contributed by atoms with Gasteiger partial charge in [0, 0.05) is 21.9 Å². The van der Waals surface area contributed by atoms with E-state index in [1.54, 1.807) is 0 Å². The summed E-state index contributed by atoms with van der Waals surface area (Å²) in [6.07, 6.45) is 0. The molecular weight excluding hydrogens is 603 g/mol. The van der Waals surface area contributed by atoms with Gasteiger partial charge in [-0.25, -0.2) is 9.55 Å². The average Bonchev–Trinajstić information content (AvgIpc) is 3.75. The summed E-state index contributed by atoms with van der Waals surface area (Å²) in [5.74, 6) is 1.65. The number of nitrogens with zero attached hydrogens (tertiary/aromatic N) is 3. The van der Waals surface area contributed by atoms with E-state index in [9.17, 15) is 0 Å². The van der Waals surface area contributed by atoms with E-state index in [1.807, 2.05) is 18.2 Å². The maximum atomic E-state index is 6.84. The summed E-state index contributed by atoms with van der Waals surface area (Å²) in [6, 6.07) is 38.8. The van der Waals surface area contributed by atoms with E-state index in [1.165, 1.54) is 27.9 Å². The first kappa shape index (κ1) is 29.5. The Balaban J connectivity index is 1.40. The van der Waals surface area contributed by atoms with Gasteiger partial charge in [0.05, 0.1) is 12.4 Å². The molecule has 5 heteroatoms. The van der Waals surface area contributed by atoms with Gasteiger partial charge in [0.1, 0.15) is 22.4 Å². The molecule has 0 fully saturated rings. The maximum Gasteiger partial charge on any atom is 0.299 e. The van der Waals surface area contributed by atoms with Crippen LogP contribution in [-0.4, -0.2) is 9.55 Å². The standard InChI is InChI=1S/C44H38N3O2/c1-25(2)32-22-29(28-14-8-7-9-15-28)23-33(26(3)4)41(32)47-36-18-12-11-17-35(36)46(6)44(47)39-27(5)20-21-30-34-24-38-40(45-43(34)49-42(30)39)31-16-10-13-19-37(31)48-38/h7-26H,1-6H3/q+1. The van der Waals surface area contributed by atoms with Crippen LogP contribution < -0.4 is 4.57 Å². The Hall–Kier alpha value is -5.68. The summed E-state index contributed by atoms with van der Waals surface area (Å²) in [4.78, 5) is 5.05. The number of pyridine rings is 1. The molecule has 0 saturated carbocycles. The molecule has 0 amide bonds. The lowest BCUT2D eigenvalue weighted by Crippen LogP contribution is -2.30. The summed E-state index contributed by atoms with van der Waals surface area (Å²) in [5, 5.41) is 2.96. The second-order valence-corrected chi connectivity index (χ2v) is 13.9. The zero-order chi connectivity index (χ0) is 33.6. The van der Waals surface area contributed by atoms with E-state index in [0.717, 1.165) is 66.4 Å². The number of imidazole rings is 1. The third-order valence-corrected chi connectivity index (χ3v) is 10.2. The molecule has 0 spiro atoms. The van der Waals surface area contributed by atoms with Crippen molar-refractivity contribution >= 4 is 55.2 Å². The van der Waals surface area contributed by atoms with Gasteiger partial charge in [-0.3, -0.25) is 0 Å². The van der Waals surface area contributed by atoms with Gasteiger partial charge in [0.15, 0.2) is 22.2 Å². The van der Waals surface area contributed by atoms with Crippen LogP contribution in [0.2, 0.25) is 0 Å². The molecule has 0 aliphatic carbocycles. The van der Waals surface area contributed by atoms with E-state index in [4.69, 9.17) is 13.8 Å². The van der Waals surface area contributed by atoms with Gasteiger partial charge in [-0.05, 0) is 77.9 Å². The first-order valence-electron chi connectivity index (χ1n) is 17.2. The van der Waals surface area contributed by atoms with Crippen LogP contribution in [0, 0.1) is 6.92 Å². The molecule has 4 aromatic heterocycles. The molecule has 4 heterocycles. The first-order chi connectivity index (χ1) is 23.8. The smallest absolute Gasteiger partial charge is 0.299 e. The predicted molar refractivity (Wildman–Crippen MR) is 201 cm³/mol. The van der Waals surface area contributed by atoms with E-state index >= 15 is 0 Å². The fourth-order valence-corrected chi connectivity index (χ4v) is 7.70. The Kier molecular flexibility index (Phi) is 6.57. The molecule has 0 aliphatic heterocycles. The highest BCUT2D eigenvalue weighted by molar-refractivity contribution is 6.13. The summed E-state index contributed by atoms with van der Waals surface area (Å²) in [6.45, 7) is 11.4. The molecule has 0 radical (unpaired) electrons. The van der Waals surface area contributed by atoms with Crippen LogP contribution in [-0.2, 0) is 7.05 Å². The number of para-hydroxylation sites is 3. The minimum Gasteiger partial charge on any atom is -0.454 e. The number of hydrogen-bond acceptors (Lipinski definition) is 3. The highest BCUT2D eigenvalue weighted by Gasteiger charge is 2.34. The highest BCUT2D eigenvalue weighted by atomic mass is 16.3. The van der Waals surface area contributed by atoms with Crippen LogP contribution in [0.25, 0.3) is 83.4 Å². The van der Waals surface area contributed by atoms with E-state index in [-0.39, 0.29) is 11.8 Å². The minimum atomic E-state index is 0.285. The molecule has 9 rings (SSSR count). The SMILES string of the molecule is Cc1ccc2c(oc3nc4c(cc32)oc2ccccc24)c1-c1n(-c2c(C(C)C)cc(-c3ccccc3)cc2C(C)C)c2ccccc2[n+]1C. The Bertz CT molecular complexity index is 2710. The zero-order valence-corrected chi connectivity index (χ0v) is 28.7. The molecule has 0 aliphatic rings. The van der Waals surface area contributed by atoms with Crippen molar-refractivity contribution in [2.75, 3.05) is 0 Å². The van der Waals surface area contributed by atoms with Crippen LogP contribution in [0.3, 0.4) is 0 Å². The number of benzene rings is 5. The lowest BCUT2D eigenvalue weighted by molar-refractivity contribution is -0.633. The zero-order valence-electron chi connectivity index (χ0n) is 28.7. The van der Waals surface area contributed by atoms with Crippen molar-refractivity contribution in [3.8, 4) is 28.2 Å². The molecule has 0 unspecified atom stereocenters. The first-order valence-corrected chi connectivity index (χ1v) is 17.2. The van der Waals surface area contributed by atoms with Crippen LogP contribution in [0.4, 0.5) is 0 Å². The number of fused-ring (bicyclic) bond motifs is 7. The minimum absolute atomic E-state index is 0.285. The predicted octanol–water partition coefficient (Wildman–Crippen LogP) is 11.5. The third-order valence-electron chi connectivity index (χ3n) is 10.2. The quantitative estimate of drug-likeness (QED) is 0.176. The van der Waals surface area contributed by atoms with Crippen molar-refractivity contribution in [1.82, 2.24) is 9.55 Å². The fraction of sp³-hybridized carbons (Fsp3) is 0.182. The van der Waals surface area contributed by atoms with Crippen molar-refractivity contribution in [1.29, 1.82) is 0 Å². The third kappa shape index (κ3) is 4.38. The van der Waals surface area contributed by atoms with Crippen LogP contribution >= 0.6 is 0 Å². The van der Waals surface area contributed by atoms with Crippen LogP contribution in [0.5, 0.6) is 0 Å². The van der Waals surface area contributed by atoms with Gasteiger partial charge < -0.3 is 8.83 Å². The molecular formula is C44H38N3O2+. The number of hydrogen-bond donors (Lipinski definition) is 0. The van der Waals surface area contributed by atoms with Gasteiger partial charge in [-0.2, -0.15) is 4.57 Å². The normalized spacial score (nSPS) is 12.2. The molecule has 0 bridgehead atoms. The highest BCUT2D eigenvalue weighted by Crippen LogP contribution is 2.43. The van der Waals surface area contributed by atoms with E-state index < -0.39 is 0 Å². The number of rotatable bonds is 5. The molecule has 0 atom stereocenters. The molecule has 9 aromatic rings. The van der Waals surface area contributed by atoms with Gasteiger partial charge in [0.25, 0.3) is 5.82 Å². The van der Waals surface area contributed by atoms with Gasteiger partial charge >= 0.3 is 0 Å². The van der Waals surface area contributed by atoms with Crippen molar-refractivity contribution < 1.29 is 13.4 Å². The number of aryl methyl sites for hydroxylation is 2. The van der Waals surface area contributed by atoms with Gasteiger partial charge in [0.2, 0.25) is 5.71 Å². The summed E-state index contributed by atoms with van der Waals surface area (Å²) < 4.78 is 17.9. The molecule has 49 heavy (non-hydrogen) atoms.